The van der Waals surface area contributed by atoms with E-state index in [1.807, 2.05) is 6.20 Å². The van der Waals surface area contributed by atoms with Crippen molar-refractivity contribution in [2.75, 3.05) is 6.54 Å². The Morgan fingerprint density at radius 1 is 1.19 bits per heavy atom. The van der Waals surface area contributed by atoms with Crippen molar-refractivity contribution in [2.24, 2.45) is 10.8 Å². The molecule has 0 saturated heterocycles. The zero-order valence-electron chi connectivity index (χ0n) is 19.6. The first-order valence-corrected chi connectivity index (χ1v) is 11.7. The summed E-state index contributed by atoms with van der Waals surface area (Å²) in [6, 6.07) is 6.37. The van der Waals surface area contributed by atoms with Gasteiger partial charge < -0.3 is 10.0 Å². The van der Waals surface area contributed by atoms with E-state index in [9.17, 15) is 9.59 Å². The van der Waals surface area contributed by atoms with E-state index in [2.05, 4.69) is 52.8 Å². The highest BCUT2D eigenvalue weighted by molar-refractivity contribution is 6.31. The van der Waals surface area contributed by atoms with Crippen molar-refractivity contribution in [3.05, 3.63) is 46.1 Å². The molecule has 1 N–H and O–H groups in total. The molecular formula is C26H36ClNO3. The summed E-state index contributed by atoms with van der Waals surface area (Å²) >= 11 is 6.73. The third-order valence-corrected chi connectivity index (χ3v) is 7.27. The second kappa shape index (κ2) is 8.61. The van der Waals surface area contributed by atoms with Crippen molar-refractivity contribution in [3.63, 3.8) is 0 Å². The topological polar surface area (TPSA) is 57.6 Å². The molecule has 1 aromatic rings. The van der Waals surface area contributed by atoms with Crippen LogP contribution in [0.15, 0.2) is 30.0 Å². The van der Waals surface area contributed by atoms with E-state index < -0.39 is 5.97 Å². The number of carbonyl (C=O) groups is 2. The van der Waals surface area contributed by atoms with Crippen molar-refractivity contribution >= 4 is 23.5 Å². The molecule has 1 fully saturated rings. The SMILES string of the molecule is CC(C)(C)CCc1ccc([C@]23CCC(C)(C)CC2=CN(CCC(=O)O)C(=O)C3)cc1Cl. The molecule has 1 saturated carbocycles. The van der Waals surface area contributed by atoms with Crippen LogP contribution >= 0.6 is 11.6 Å². The second-order valence-corrected chi connectivity index (χ2v) is 11.8. The second-order valence-electron chi connectivity index (χ2n) is 11.4. The molecule has 170 valence electrons. The maximum absolute atomic E-state index is 13.0. The van der Waals surface area contributed by atoms with Crippen LogP contribution in [0.4, 0.5) is 0 Å². The number of benzene rings is 1. The summed E-state index contributed by atoms with van der Waals surface area (Å²) in [5, 5.41) is 9.83. The van der Waals surface area contributed by atoms with E-state index in [4.69, 9.17) is 16.7 Å². The third-order valence-electron chi connectivity index (χ3n) is 6.91. The van der Waals surface area contributed by atoms with Gasteiger partial charge in [0.05, 0.1) is 6.42 Å². The number of rotatable bonds is 6. The van der Waals surface area contributed by atoms with Gasteiger partial charge in [0.15, 0.2) is 0 Å². The van der Waals surface area contributed by atoms with Gasteiger partial charge in [0.1, 0.15) is 0 Å². The van der Waals surface area contributed by atoms with Crippen LogP contribution < -0.4 is 0 Å². The number of aliphatic carboxylic acids is 1. The fourth-order valence-corrected chi connectivity index (χ4v) is 5.15. The van der Waals surface area contributed by atoms with Crippen LogP contribution in [0.5, 0.6) is 0 Å². The molecule has 1 aromatic carbocycles. The van der Waals surface area contributed by atoms with Gasteiger partial charge in [-0.1, -0.05) is 58.4 Å². The highest BCUT2D eigenvalue weighted by atomic mass is 35.5. The predicted octanol–water partition coefficient (Wildman–Crippen LogP) is 6.36. The molecule has 0 unspecified atom stereocenters. The Bertz CT molecular complexity index is 896. The Morgan fingerprint density at radius 2 is 1.90 bits per heavy atom. The van der Waals surface area contributed by atoms with Crippen LogP contribution in [0.2, 0.25) is 5.02 Å². The van der Waals surface area contributed by atoms with Gasteiger partial charge in [-0.2, -0.15) is 0 Å². The average Bonchev–Trinajstić information content (AvgIpc) is 2.64. The number of aryl methyl sites for hydroxylation is 1. The molecule has 1 atom stereocenters. The van der Waals surface area contributed by atoms with Gasteiger partial charge in [-0.3, -0.25) is 9.59 Å². The summed E-state index contributed by atoms with van der Waals surface area (Å²) in [7, 11) is 0. The smallest absolute Gasteiger partial charge is 0.305 e. The van der Waals surface area contributed by atoms with Gasteiger partial charge in [-0.15, -0.1) is 0 Å². The molecule has 1 heterocycles. The van der Waals surface area contributed by atoms with E-state index >= 15 is 0 Å². The Kier molecular flexibility index (Phi) is 6.63. The van der Waals surface area contributed by atoms with Crippen LogP contribution in [0.1, 0.15) is 84.3 Å². The first kappa shape index (κ1) is 23.8. The van der Waals surface area contributed by atoms with Crippen LogP contribution in [0, 0.1) is 10.8 Å². The molecule has 1 amide bonds. The zero-order chi connectivity index (χ0) is 23.0. The molecular weight excluding hydrogens is 410 g/mol. The number of carboxylic acids is 1. The molecule has 0 aromatic heterocycles. The minimum Gasteiger partial charge on any atom is -0.481 e. The largest absolute Gasteiger partial charge is 0.481 e. The number of carbonyl (C=O) groups excluding carboxylic acids is 1. The minimum atomic E-state index is -0.885. The lowest BCUT2D eigenvalue weighted by Gasteiger charge is -2.49. The molecule has 31 heavy (non-hydrogen) atoms. The van der Waals surface area contributed by atoms with Crippen molar-refractivity contribution in [2.45, 2.75) is 85.0 Å². The Balaban J connectivity index is 1.95. The average molecular weight is 446 g/mol. The van der Waals surface area contributed by atoms with Crippen LogP contribution in [0.25, 0.3) is 0 Å². The van der Waals surface area contributed by atoms with Gasteiger partial charge in [-0.05, 0) is 65.7 Å². The van der Waals surface area contributed by atoms with Gasteiger partial charge in [-0.25, -0.2) is 0 Å². The molecule has 0 spiro atoms. The molecule has 1 aliphatic carbocycles. The van der Waals surface area contributed by atoms with E-state index in [1.54, 1.807) is 4.90 Å². The number of allylic oxidation sites excluding steroid dienone is 1. The molecule has 1 aliphatic heterocycles. The minimum absolute atomic E-state index is 0.00219. The number of hydrogen-bond donors (Lipinski definition) is 1. The normalized spacial score (nSPS) is 23.4. The highest BCUT2D eigenvalue weighted by Crippen LogP contribution is 2.54. The first-order chi connectivity index (χ1) is 14.3. The van der Waals surface area contributed by atoms with Crippen molar-refractivity contribution in [3.8, 4) is 0 Å². The maximum atomic E-state index is 13.0. The number of halogens is 1. The quantitative estimate of drug-likeness (QED) is 0.554. The van der Waals surface area contributed by atoms with Gasteiger partial charge in [0.2, 0.25) is 5.91 Å². The van der Waals surface area contributed by atoms with Gasteiger partial charge in [0.25, 0.3) is 0 Å². The zero-order valence-corrected chi connectivity index (χ0v) is 20.3. The number of hydrogen-bond acceptors (Lipinski definition) is 2. The maximum Gasteiger partial charge on any atom is 0.305 e. The number of carboxylic acid groups (broad SMARTS) is 1. The van der Waals surface area contributed by atoms with E-state index in [0.717, 1.165) is 48.3 Å². The standard InChI is InChI=1S/C26H36ClNO3/c1-24(2,3)10-8-18-6-7-19(14-21(18)27)26-12-11-25(4,5)15-20(26)17-28(22(29)16-26)13-9-23(30)31/h6-7,14,17H,8-13,15-16H2,1-5H3,(H,30,31)/t26-/m1/s1. The molecule has 0 bridgehead atoms. The Labute approximate surface area is 191 Å². The lowest BCUT2D eigenvalue weighted by atomic mass is 9.57. The molecule has 3 rings (SSSR count). The number of fused-ring (bicyclic) bond motifs is 1. The first-order valence-electron chi connectivity index (χ1n) is 11.3. The highest BCUT2D eigenvalue weighted by Gasteiger charge is 2.48. The number of nitrogens with zero attached hydrogens (tertiary/aromatic N) is 1. The van der Waals surface area contributed by atoms with Crippen molar-refractivity contribution in [1.29, 1.82) is 0 Å². The summed E-state index contributed by atoms with van der Waals surface area (Å²) in [6.45, 7) is 11.5. The van der Waals surface area contributed by atoms with Crippen LogP contribution in [0.3, 0.4) is 0 Å². The molecule has 5 heteroatoms. The lowest BCUT2D eigenvalue weighted by molar-refractivity contribution is -0.138. The van der Waals surface area contributed by atoms with Gasteiger partial charge >= 0.3 is 5.97 Å². The third kappa shape index (κ3) is 5.52. The van der Waals surface area contributed by atoms with E-state index in [0.29, 0.717) is 6.42 Å². The fourth-order valence-electron chi connectivity index (χ4n) is 4.87. The summed E-state index contributed by atoms with van der Waals surface area (Å²) in [5.74, 6) is -0.887. The summed E-state index contributed by atoms with van der Waals surface area (Å²) in [4.78, 5) is 25.7. The molecule has 4 nitrogen and oxygen atoms in total. The van der Waals surface area contributed by atoms with Crippen molar-refractivity contribution < 1.29 is 14.7 Å². The summed E-state index contributed by atoms with van der Waals surface area (Å²) in [6.07, 6.45) is 7.12. The fraction of sp³-hybridized carbons (Fsp3) is 0.615. The monoisotopic (exact) mass is 445 g/mol. The van der Waals surface area contributed by atoms with Gasteiger partial charge in [0, 0.05) is 29.6 Å². The predicted molar refractivity (Wildman–Crippen MR) is 125 cm³/mol. The molecule has 2 aliphatic rings. The Hall–Kier alpha value is -1.81. The Morgan fingerprint density at radius 3 is 2.52 bits per heavy atom. The van der Waals surface area contributed by atoms with Crippen molar-refractivity contribution in [1.82, 2.24) is 4.90 Å². The van der Waals surface area contributed by atoms with Crippen LogP contribution in [-0.4, -0.2) is 28.4 Å². The van der Waals surface area contributed by atoms with Crippen LogP contribution in [-0.2, 0) is 21.4 Å². The number of amides is 1. The summed E-state index contributed by atoms with van der Waals surface area (Å²) in [5.41, 5.74) is 3.57. The summed E-state index contributed by atoms with van der Waals surface area (Å²) < 4.78 is 0. The molecule has 0 radical (unpaired) electrons. The van der Waals surface area contributed by atoms with E-state index in [-0.39, 0.29) is 35.1 Å². The van der Waals surface area contributed by atoms with E-state index in [1.165, 1.54) is 5.57 Å². The lowest BCUT2D eigenvalue weighted by Crippen LogP contribution is -2.46.